The number of carbonyl (C=O) groups excluding carboxylic acids is 2. The highest BCUT2D eigenvalue weighted by Gasteiger charge is 2.44. The normalized spacial score (nSPS) is 15.0. The van der Waals surface area contributed by atoms with Crippen LogP contribution in [-0.4, -0.2) is 39.5 Å². The van der Waals surface area contributed by atoms with Gasteiger partial charge in [-0.2, -0.15) is 0 Å². The Balaban J connectivity index is 4.02. The lowest BCUT2D eigenvalue weighted by atomic mass is 9.85. The van der Waals surface area contributed by atoms with Gasteiger partial charge in [0.15, 0.2) is 11.3 Å². The molecule has 1 unspecified atom stereocenters. The van der Waals surface area contributed by atoms with Crippen molar-refractivity contribution in [1.82, 2.24) is 0 Å². The number of amides is 1. The molecule has 0 spiro atoms. The number of nitrogens with two attached hydrogens (primary N) is 2. The first kappa shape index (κ1) is 27.8. The van der Waals surface area contributed by atoms with Crippen molar-refractivity contribution in [2.24, 2.45) is 11.5 Å². The van der Waals surface area contributed by atoms with Gasteiger partial charge >= 0.3 is 5.97 Å². The molecule has 0 aliphatic heterocycles. The number of aliphatic hydroxyl groups excluding tert-OH is 1. The standard InChI is InChI=1S/C23H38N2O5/c1-2-3-4-5-6-7-8-9-10-11-12-13-14-15-16-19(26)21(28)23(25,22(29)30)18-17-20(24)27/h3-4,6-7,9-10,19,26H,2,5,8,11-18,25H2,1H3,(H2,24,27)(H,29,30)/b4-3+,7-6+,10-9+/t19?,23-/m1/s1. The molecule has 0 fully saturated rings. The van der Waals surface area contributed by atoms with Gasteiger partial charge in [0.25, 0.3) is 0 Å². The molecule has 7 heteroatoms. The number of allylic oxidation sites excluding steroid dienone is 6. The first-order valence-electron chi connectivity index (χ1n) is 10.7. The van der Waals surface area contributed by atoms with Crippen LogP contribution in [0.4, 0.5) is 0 Å². The summed E-state index contributed by atoms with van der Waals surface area (Å²) in [6.45, 7) is 2.11. The summed E-state index contributed by atoms with van der Waals surface area (Å²) in [7, 11) is 0. The molecule has 0 rings (SSSR count). The van der Waals surface area contributed by atoms with Crippen molar-refractivity contribution in [1.29, 1.82) is 0 Å². The quantitative estimate of drug-likeness (QED) is 0.152. The Morgan fingerprint density at radius 1 is 0.933 bits per heavy atom. The maximum Gasteiger partial charge on any atom is 0.331 e. The molecule has 30 heavy (non-hydrogen) atoms. The topological polar surface area (TPSA) is 144 Å². The lowest BCUT2D eigenvalue weighted by Crippen LogP contribution is -2.58. The largest absolute Gasteiger partial charge is 0.480 e. The Bertz CT molecular complexity index is 613. The zero-order chi connectivity index (χ0) is 22.8. The first-order valence-corrected chi connectivity index (χ1v) is 10.7. The van der Waals surface area contributed by atoms with Gasteiger partial charge in [-0.3, -0.25) is 9.59 Å². The Labute approximate surface area is 179 Å². The number of ketones is 1. The second-order valence-electron chi connectivity index (χ2n) is 7.41. The predicted molar refractivity (Wildman–Crippen MR) is 119 cm³/mol. The van der Waals surface area contributed by atoms with Crippen LogP contribution in [0.3, 0.4) is 0 Å². The smallest absolute Gasteiger partial charge is 0.331 e. The van der Waals surface area contributed by atoms with Crippen LogP contribution in [0.25, 0.3) is 0 Å². The third-order valence-corrected chi connectivity index (χ3v) is 4.77. The summed E-state index contributed by atoms with van der Waals surface area (Å²) in [6, 6.07) is 0. The molecule has 1 amide bonds. The van der Waals surface area contributed by atoms with E-state index in [2.05, 4.69) is 43.4 Å². The summed E-state index contributed by atoms with van der Waals surface area (Å²) >= 11 is 0. The fourth-order valence-corrected chi connectivity index (χ4v) is 2.86. The number of carboxylic acid groups (broad SMARTS) is 1. The highest BCUT2D eigenvalue weighted by molar-refractivity contribution is 6.09. The fraction of sp³-hybridized carbons (Fsp3) is 0.609. The molecule has 0 aromatic carbocycles. The minimum absolute atomic E-state index is 0.148. The summed E-state index contributed by atoms with van der Waals surface area (Å²) in [5.74, 6) is -3.29. The first-order chi connectivity index (χ1) is 14.3. The molecule has 0 radical (unpaired) electrons. The van der Waals surface area contributed by atoms with E-state index in [9.17, 15) is 24.6 Å². The number of aliphatic hydroxyl groups is 1. The predicted octanol–water partition coefficient (Wildman–Crippen LogP) is 3.16. The van der Waals surface area contributed by atoms with Crippen LogP contribution in [0.15, 0.2) is 36.5 Å². The van der Waals surface area contributed by atoms with Gasteiger partial charge in [-0.15, -0.1) is 0 Å². The van der Waals surface area contributed by atoms with Gasteiger partial charge in [0, 0.05) is 6.42 Å². The van der Waals surface area contributed by atoms with E-state index >= 15 is 0 Å². The van der Waals surface area contributed by atoms with Crippen LogP contribution in [0.1, 0.15) is 77.6 Å². The summed E-state index contributed by atoms with van der Waals surface area (Å²) < 4.78 is 0. The van der Waals surface area contributed by atoms with Crippen molar-refractivity contribution in [3.05, 3.63) is 36.5 Å². The van der Waals surface area contributed by atoms with E-state index in [4.69, 9.17) is 11.5 Å². The van der Waals surface area contributed by atoms with Gasteiger partial charge in [0.05, 0.1) is 0 Å². The Kier molecular flexibility index (Phi) is 15.3. The maximum absolute atomic E-state index is 12.3. The molecule has 2 atom stereocenters. The number of carboxylic acids is 1. The molecule has 170 valence electrons. The average Bonchev–Trinajstić information content (AvgIpc) is 2.71. The van der Waals surface area contributed by atoms with Gasteiger partial charge in [-0.1, -0.05) is 62.6 Å². The molecule has 0 aromatic heterocycles. The Hall–Kier alpha value is -2.25. The van der Waals surface area contributed by atoms with E-state index in [1.807, 2.05) is 0 Å². The Morgan fingerprint density at radius 3 is 2.07 bits per heavy atom. The average molecular weight is 423 g/mol. The SMILES string of the molecule is CC/C=C/C/C=C/C/C=C/CCCCCCC(O)C(=O)[C@](N)(CCC(N)=O)C(=O)O. The molecule has 0 aliphatic carbocycles. The minimum atomic E-state index is -2.29. The van der Waals surface area contributed by atoms with Crippen LogP contribution < -0.4 is 11.5 Å². The third-order valence-electron chi connectivity index (χ3n) is 4.77. The van der Waals surface area contributed by atoms with Crippen LogP contribution in [-0.2, 0) is 14.4 Å². The zero-order valence-electron chi connectivity index (χ0n) is 18.1. The van der Waals surface area contributed by atoms with Crippen LogP contribution in [0.2, 0.25) is 0 Å². The third kappa shape index (κ3) is 12.3. The fourth-order valence-electron chi connectivity index (χ4n) is 2.86. The van der Waals surface area contributed by atoms with Gasteiger partial charge in [-0.25, -0.2) is 4.79 Å². The minimum Gasteiger partial charge on any atom is -0.480 e. The number of carbonyl (C=O) groups is 3. The number of unbranched alkanes of at least 4 members (excludes halogenated alkanes) is 4. The molecular formula is C23H38N2O5. The van der Waals surface area contributed by atoms with E-state index in [0.717, 1.165) is 44.9 Å². The van der Waals surface area contributed by atoms with Gasteiger partial charge < -0.3 is 21.7 Å². The molecule has 6 N–H and O–H groups in total. The second-order valence-corrected chi connectivity index (χ2v) is 7.41. The molecule has 0 heterocycles. The number of hydrogen-bond donors (Lipinski definition) is 4. The van der Waals surface area contributed by atoms with Crippen LogP contribution in [0.5, 0.6) is 0 Å². The van der Waals surface area contributed by atoms with E-state index in [1.165, 1.54) is 0 Å². The molecule has 0 aromatic rings. The molecular weight excluding hydrogens is 384 g/mol. The number of hydrogen-bond acceptors (Lipinski definition) is 5. The van der Waals surface area contributed by atoms with Crippen molar-refractivity contribution >= 4 is 17.7 Å². The number of Topliss-reactive ketones (excluding diaryl/α,β-unsaturated/α-hetero) is 1. The number of aliphatic carboxylic acids is 1. The van der Waals surface area contributed by atoms with E-state index in [1.54, 1.807) is 0 Å². The van der Waals surface area contributed by atoms with Crippen molar-refractivity contribution in [3.63, 3.8) is 0 Å². The van der Waals surface area contributed by atoms with Gasteiger partial charge in [0.1, 0.15) is 6.10 Å². The van der Waals surface area contributed by atoms with Crippen molar-refractivity contribution in [2.75, 3.05) is 0 Å². The second kappa shape index (κ2) is 16.5. The van der Waals surface area contributed by atoms with Crippen LogP contribution in [0, 0.1) is 0 Å². The van der Waals surface area contributed by atoms with Crippen molar-refractivity contribution in [2.45, 2.75) is 89.2 Å². The summed E-state index contributed by atoms with van der Waals surface area (Å²) in [4.78, 5) is 34.5. The van der Waals surface area contributed by atoms with E-state index < -0.39 is 35.7 Å². The molecule has 0 saturated carbocycles. The summed E-state index contributed by atoms with van der Waals surface area (Å²) in [6.07, 6.45) is 18.1. The molecule has 0 aliphatic rings. The highest BCUT2D eigenvalue weighted by atomic mass is 16.4. The van der Waals surface area contributed by atoms with E-state index in [0.29, 0.717) is 6.42 Å². The number of rotatable bonds is 18. The van der Waals surface area contributed by atoms with Crippen molar-refractivity contribution < 1.29 is 24.6 Å². The van der Waals surface area contributed by atoms with Crippen LogP contribution >= 0.6 is 0 Å². The number of primary amides is 1. The lowest BCUT2D eigenvalue weighted by molar-refractivity contribution is -0.152. The summed E-state index contributed by atoms with van der Waals surface area (Å²) in [5, 5.41) is 19.3. The van der Waals surface area contributed by atoms with Gasteiger partial charge in [0.2, 0.25) is 5.91 Å². The maximum atomic E-state index is 12.3. The molecule has 0 saturated heterocycles. The monoisotopic (exact) mass is 422 g/mol. The Morgan fingerprint density at radius 2 is 1.50 bits per heavy atom. The summed E-state index contributed by atoms with van der Waals surface area (Å²) in [5.41, 5.74) is 8.36. The molecule has 7 nitrogen and oxygen atoms in total. The molecule has 0 bridgehead atoms. The van der Waals surface area contributed by atoms with Crippen molar-refractivity contribution in [3.8, 4) is 0 Å². The van der Waals surface area contributed by atoms with E-state index in [-0.39, 0.29) is 12.8 Å². The highest BCUT2D eigenvalue weighted by Crippen LogP contribution is 2.17. The zero-order valence-corrected chi connectivity index (χ0v) is 18.1. The van der Waals surface area contributed by atoms with Gasteiger partial charge in [-0.05, 0) is 44.9 Å². The lowest BCUT2D eigenvalue weighted by Gasteiger charge is -2.25.